The molecule has 1 fully saturated rings. The van der Waals surface area contributed by atoms with E-state index in [0.29, 0.717) is 23.6 Å². The van der Waals surface area contributed by atoms with Crippen molar-refractivity contribution in [2.75, 3.05) is 5.32 Å². The molecule has 1 unspecified atom stereocenters. The van der Waals surface area contributed by atoms with Gasteiger partial charge in [0.1, 0.15) is 5.82 Å². The van der Waals surface area contributed by atoms with Gasteiger partial charge in [0.25, 0.3) is 0 Å². The molecule has 8 heteroatoms. The van der Waals surface area contributed by atoms with Crippen molar-refractivity contribution < 1.29 is 9.59 Å². The van der Waals surface area contributed by atoms with Crippen molar-refractivity contribution in [2.45, 2.75) is 82.8 Å². The molecule has 0 radical (unpaired) electrons. The molecule has 3 rings (SSSR count). The molecule has 1 aromatic heterocycles. The van der Waals surface area contributed by atoms with Gasteiger partial charge in [0, 0.05) is 18.3 Å². The first-order valence-electron chi connectivity index (χ1n) is 10.6. The number of aryl methyl sites for hydroxylation is 2. The number of hydrogen-bond acceptors (Lipinski definition) is 5. The number of benzene rings is 1. The van der Waals surface area contributed by atoms with Crippen LogP contribution in [-0.4, -0.2) is 37.9 Å². The number of nitrogens with zero attached hydrogens (tertiary/aromatic N) is 3. The van der Waals surface area contributed by atoms with Crippen LogP contribution in [0.15, 0.2) is 23.4 Å². The maximum Gasteiger partial charge on any atom is 0.233 e. The Labute approximate surface area is 182 Å². The van der Waals surface area contributed by atoms with E-state index in [0.717, 1.165) is 24.1 Å². The summed E-state index contributed by atoms with van der Waals surface area (Å²) in [6.07, 6.45) is 4.63. The molecule has 0 spiro atoms. The fourth-order valence-corrected chi connectivity index (χ4v) is 4.56. The number of rotatable bonds is 8. The van der Waals surface area contributed by atoms with E-state index in [2.05, 4.69) is 20.8 Å². The first-order chi connectivity index (χ1) is 14.4. The van der Waals surface area contributed by atoms with Crippen molar-refractivity contribution in [3.63, 3.8) is 0 Å². The lowest BCUT2D eigenvalue weighted by molar-refractivity contribution is -0.121. The molecule has 162 valence electrons. The summed E-state index contributed by atoms with van der Waals surface area (Å²) in [5, 5.41) is 14.9. The molecule has 30 heavy (non-hydrogen) atoms. The molecule has 1 aliphatic carbocycles. The van der Waals surface area contributed by atoms with Gasteiger partial charge in [0.2, 0.25) is 11.8 Å². The van der Waals surface area contributed by atoms with Gasteiger partial charge in [-0.1, -0.05) is 30.7 Å². The molecule has 1 atom stereocenters. The second kappa shape index (κ2) is 10.1. The quantitative estimate of drug-likeness (QED) is 0.626. The van der Waals surface area contributed by atoms with Crippen LogP contribution in [0.3, 0.4) is 0 Å². The third-order valence-corrected chi connectivity index (χ3v) is 6.65. The Bertz CT molecular complexity index is 905. The Morgan fingerprint density at radius 2 is 1.93 bits per heavy atom. The molecule has 0 aliphatic heterocycles. The number of thioether (sulfide) groups is 1. The van der Waals surface area contributed by atoms with Gasteiger partial charge in [-0.2, -0.15) is 0 Å². The Balaban J connectivity index is 1.60. The summed E-state index contributed by atoms with van der Waals surface area (Å²) in [5.74, 6) is 0.500. The average Bonchev–Trinajstić information content (AvgIpc) is 3.34. The molecule has 1 heterocycles. The number of carbonyl (C=O) groups excluding carboxylic acids is 2. The van der Waals surface area contributed by atoms with Crippen LogP contribution in [0.5, 0.6) is 0 Å². The maximum absolute atomic E-state index is 12.5. The van der Waals surface area contributed by atoms with Gasteiger partial charge in [0.15, 0.2) is 5.16 Å². The van der Waals surface area contributed by atoms with Gasteiger partial charge in [-0.3, -0.25) is 9.59 Å². The third-order valence-electron chi connectivity index (χ3n) is 5.57. The highest BCUT2D eigenvalue weighted by Gasteiger charge is 2.24. The minimum absolute atomic E-state index is 0.0339. The molecule has 2 aromatic rings. The summed E-state index contributed by atoms with van der Waals surface area (Å²) in [6, 6.07) is 6.15. The molecule has 1 aromatic carbocycles. The van der Waals surface area contributed by atoms with Crippen molar-refractivity contribution in [2.24, 2.45) is 0 Å². The molecule has 0 saturated heterocycles. The number of amides is 2. The monoisotopic (exact) mass is 429 g/mol. The van der Waals surface area contributed by atoms with Crippen molar-refractivity contribution >= 4 is 29.3 Å². The summed E-state index contributed by atoms with van der Waals surface area (Å²) < 4.78 is 1.91. The molecule has 1 aliphatic rings. The van der Waals surface area contributed by atoms with Gasteiger partial charge < -0.3 is 15.2 Å². The third kappa shape index (κ3) is 5.62. The highest BCUT2D eigenvalue weighted by molar-refractivity contribution is 8.00. The van der Waals surface area contributed by atoms with Gasteiger partial charge in [0.05, 0.1) is 11.7 Å². The number of aromatic nitrogens is 3. The van der Waals surface area contributed by atoms with E-state index in [1.807, 2.05) is 50.5 Å². The van der Waals surface area contributed by atoms with Crippen LogP contribution < -0.4 is 10.6 Å². The van der Waals surface area contributed by atoms with Crippen LogP contribution in [-0.2, 0) is 22.6 Å². The molecule has 2 amide bonds. The summed E-state index contributed by atoms with van der Waals surface area (Å²) in [4.78, 5) is 25.0. The van der Waals surface area contributed by atoms with E-state index >= 15 is 0 Å². The fraction of sp³-hybridized carbons (Fsp3) is 0.545. The van der Waals surface area contributed by atoms with Crippen LogP contribution >= 0.6 is 11.8 Å². The van der Waals surface area contributed by atoms with Gasteiger partial charge >= 0.3 is 0 Å². The zero-order valence-corrected chi connectivity index (χ0v) is 19.0. The first-order valence-corrected chi connectivity index (χ1v) is 11.5. The molecular weight excluding hydrogens is 398 g/mol. The smallest absolute Gasteiger partial charge is 0.233 e. The lowest BCUT2D eigenvalue weighted by atomic mass is 10.1. The Morgan fingerprint density at radius 1 is 1.20 bits per heavy atom. The summed E-state index contributed by atoms with van der Waals surface area (Å²) in [6.45, 7) is 8.57. The minimum Gasteiger partial charge on any atom is -0.352 e. The second-order valence-corrected chi connectivity index (χ2v) is 9.23. The number of anilines is 1. The average molecular weight is 430 g/mol. The molecule has 2 N–H and O–H groups in total. The molecule has 0 bridgehead atoms. The van der Waals surface area contributed by atoms with E-state index < -0.39 is 0 Å². The molecular formula is C22H31N5O2S. The predicted molar refractivity (Wildman–Crippen MR) is 120 cm³/mol. The van der Waals surface area contributed by atoms with Crippen LogP contribution in [0, 0.1) is 13.8 Å². The number of hydrogen-bond donors (Lipinski definition) is 2. The van der Waals surface area contributed by atoms with E-state index in [-0.39, 0.29) is 23.5 Å². The van der Waals surface area contributed by atoms with Crippen LogP contribution in [0.1, 0.15) is 56.5 Å². The van der Waals surface area contributed by atoms with E-state index in [9.17, 15) is 9.59 Å². The normalized spacial score (nSPS) is 15.2. The Kier molecular flexibility index (Phi) is 7.53. The summed E-state index contributed by atoms with van der Waals surface area (Å²) in [5.41, 5.74) is 3.09. The predicted octanol–water partition coefficient (Wildman–Crippen LogP) is 3.64. The molecule has 7 nitrogen and oxygen atoms in total. The first kappa shape index (κ1) is 22.3. The number of nitrogens with one attached hydrogen (secondary N) is 2. The lowest BCUT2D eigenvalue weighted by Crippen LogP contribution is -2.37. The zero-order valence-electron chi connectivity index (χ0n) is 18.2. The van der Waals surface area contributed by atoms with Crippen LogP contribution in [0.2, 0.25) is 0 Å². The lowest BCUT2D eigenvalue weighted by Gasteiger charge is -2.16. The van der Waals surface area contributed by atoms with E-state index in [1.165, 1.54) is 30.2 Å². The van der Waals surface area contributed by atoms with Crippen molar-refractivity contribution in [1.82, 2.24) is 20.1 Å². The Morgan fingerprint density at radius 3 is 2.60 bits per heavy atom. The highest BCUT2D eigenvalue weighted by atomic mass is 32.2. The topological polar surface area (TPSA) is 88.9 Å². The van der Waals surface area contributed by atoms with Crippen molar-refractivity contribution in [3.05, 3.63) is 35.2 Å². The minimum atomic E-state index is -0.266. The van der Waals surface area contributed by atoms with Gasteiger partial charge in [-0.25, -0.2) is 0 Å². The van der Waals surface area contributed by atoms with E-state index in [4.69, 9.17) is 0 Å². The number of carbonyl (C=O) groups is 2. The summed E-state index contributed by atoms with van der Waals surface area (Å²) >= 11 is 1.39. The molecule has 1 saturated carbocycles. The van der Waals surface area contributed by atoms with Crippen molar-refractivity contribution in [3.8, 4) is 0 Å². The second-order valence-electron chi connectivity index (χ2n) is 7.92. The summed E-state index contributed by atoms with van der Waals surface area (Å²) in [7, 11) is 0. The zero-order chi connectivity index (χ0) is 21.7. The largest absolute Gasteiger partial charge is 0.352 e. The SMILES string of the molecule is CCn1c(CC(=O)Nc2ccc(C)c(C)c2)nnc1SC(C)C(=O)NC1CCCC1. The standard InChI is InChI=1S/C22H31N5O2S/c1-5-27-19(13-20(28)23-18-11-10-14(2)15(3)12-18)25-26-22(27)30-16(4)21(29)24-17-8-6-7-9-17/h10-12,16-17H,5-9,13H2,1-4H3,(H,23,28)(H,24,29). The maximum atomic E-state index is 12.5. The van der Waals surface area contributed by atoms with Gasteiger partial charge in [-0.05, 0) is 63.8 Å². The van der Waals surface area contributed by atoms with Gasteiger partial charge in [-0.15, -0.1) is 10.2 Å². The van der Waals surface area contributed by atoms with Crippen LogP contribution in [0.4, 0.5) is 5.69 Å². The van der Waals surface area contributed by atoms with Crippen LogP contribution in [0.25, 0.3) is 0 Å². The van der Waals surface area contributed by atoms with Crippen molar-refractivity contribution in [1.29, 1.82) is 0 Å². The fourth-order valence-electron chi connectivity index (χ4n) is 3.62. The Hall–Kier alpha value is -2.35. The highest BCUT2D eigenvalue weighted by Crippen LogP contribution is 2.24. The van der Waals surface area contributed by atoms with E-state index in [1.54, 1.807) is 0 Å².